The van der Waals surface area contributed by atoms with Crippen molar-refractivity contribution >= 4 is 22.9 Å². The number of nitrogens with one attached hydrogen (secondary N) is 1. The van der Waals surface area contributed by atoms with Crippen molar-refractivity contribution in [3.63, 3.8) is 0 Å². The lowest BCUT2D eigenvalue weighted by atomic mass is 10.2. The van der Waals surface area contributed by atoms with E-state index in [0.717, 1.165) is 27.6 Å². The fourth-order valence-corrected chi connectivity index (χ4v) is 3.24. The van der Waals surface area contributed by atoms with E-state index >= 15 is 0 Å². The van der Waals surface area contributed by atoms with Crippen LogP contribution in [-0.4, -0.2) is 28.2 Å². The topological polar surface area (TPSA) is 63.8 Å². The van der Waals surface area contributed by atoms with Gasteiger partial charge in [-0.3, -0.25) is 0 Å². The summed E-state index contributed by atoms with van der Waals surface area (Å²) in [6, 6.07) is 7.93. The minimum absolute atomic E-state index is 0.299. The average molecular weight is 349 g/mol. The van der Waals surface area contributed by atoms with E-state index in [1.165, 1.54) is 0 Å². The second-order valence-corrected chi connectivity index (χ2v) is 6.79. The number of hydrogen-bond acceptors (Lipinski definition) is 6. The van der Waals surface area contributed by atoms with E-state index in [9.17, 15) is 0 Å². The number of hydrogen-bond donors (Lipinski definition) is 1. The highest BCUT2D eigenvalue weighted by atomic mass is 35.5. The van der Waals surface area contributed by atoms with Crippen molar-refractivity contribution < 1.29 is 4.52 Å². The van der Waals surface area contributed by atoms with E-state index in [0.29, 0.717) is 22.8 Å². The molecule has 1 unspecified atom stereocenters. The van der Waals surface area contributed by atoms with Crippen LogP contribution in [0.5, 0.6) is 0 Å². The lowest BCUT2D eigenvalue weighted by Gasteiger charge is -2.04. The van der Waals surface area contributed by atoms with Gasteiger partial charge in [0.25, 0.3) is 5.89 Å². The van der Waals surface area contributed by atoms with Crippen molar-refractivity contribution in [3.8, 4) is 21.3 Å². The molecule has 0 spiro atoms. The molecule has 2 aromatic heterocycles. The molecule has 3 aromatic rings. The van der Waals surface area contributed by atoms with Crippen LogP contribution in [0.15, 0.2) is 28.8 Å². The number of thiazole rings is 1. The third-order valence-electron chi connectivity index (χ3n) is 3.53. The highest BCUT2D eigenvalue weighted by molar-refractivity contribution is 7.18. The molecule has 0 fully saturated rings. The van der Waals surface area contributed by atoms with Crippen LogP contribution in [0.25, 0.3) is 21.3 Å². The number of benzene rings is 1. The minimum Gasteiger partial charge on any atom is -0.333 e. The van der Waals surface area contributed by atoms with Crippen molar-refractivity contribution in [2.24, 2.45) is 0 Å². The van der Waals surface area contributed by atoms with Gasteiger partial charge in [-0.15, -0.1) is 11.3 Å². The van der Waals surface area contributed by atoms with Crippen LogP contribution in [0.1, 0.15) is 18.4 Å². The smallest absolute Gasteiger partial charge is 0.269 e. The number of aryl methyl sites for hydroxylation is 1. The van der Waals surface area contributed by atoms with Gasteiger partial charge in [0.15, 0.2) is 5.82 Å². The molecule has 2 heterocycles. The van der Waals surface area contributed by atoms with Gasteiger partial charge in [-0.25, -0.2) is 4.98 Å². The third kappa shape index (κ3) is 3.60. The van der Waals surface area contributed by atoms with Gasteiger partial charge >= 0.3 is 0 Å². The molecule has 0 aliphatic rings. The predicted molar refractivity (Wildman–Crippen MR) is 92.8 cm³/mol. The molecule has 0 aliphatic heterocycles. The summed E-state index contributed by atoms with van der Waals surface area (Å²) in [7, 11) is 1.91. The molecule has 7 heteroatoms. The molecule has 0 saturated carbocycles. The van der Waals surface area contributed by atoms with Gasteiger partial charge in [-0.1, -0.05) is 28.9 Å². The molecule has 0 amide bonds. The first-order valence-corrected chi connectivity index (χ1v) is 8.50. The van der Waals surface area contributed by atoms with Gasteiger partial charge in [0.05, 0.1) is 5.69 Å². The van der Waals surface area contributed by atoms with E-state index in [2.05, 4.69) is 27.4 Å². The molecule has 120 valence electrons. The maximum Gasteiger partial charge on any atom is 0.269 e. The fourth-order valence-electron chi connectivity index (χ4n) is 2.12. The predicted octanol–water partition coefficient (Wildman–Crippen LogP) is 3.97. The Morgan fingerprint density at radius 3 is 2.70 bits per heavy atom. The van der Waals surface area contributed by atoms with Crippen LogP contribution in [0.4, 0.5) is 0 Å². The van der Waals surface area contributed by atoms with Crippen LogP contribution in [-0.2, 0) is 6.42 Å². The molecular weight excluding hydrogens is 332 g/mol. The van der Waals surface area contributed by atoms with Crippen molar-refractivity contribution in [2.75, 3.05) is 7.05 Å². The Bertz CT molecular complexity index is 797. The highest BCUT2D eigenvalue weighted by Crippen LogP contribution is 2.34. The maximum atomic E-state index is 5.93. The number of nitrogens with zero attached hydrogens (tertiary/aromatic N) is 3. The lowest BCUT2D eigenvalue weighted by molar-refractivity contribution is 0.418. The van der Waals surface area contributed by atoms with E-state index in [4.69, 9.17) is 16.1 Å². The van der Waals surface area contributed by atoms with Gasteiger partial charge in [-0.2, -0.15) is 4.98 Å². The van der Waals surface area contributed by atoms with Gasteiger partial charge < -0.3 is 9.84 Å². The summed E-state index contributed by atoms with van der Waals surface area (Å²) in [5.41, 5.74) is 1.91. The van der Waals surface area contributed by atoms with Crippen molar-refractivity contribution in [1.82, 2.24) is 20.4 Å². The van der Waals surface area contributed by atoms with Crippen LogP contribution in [0.2, 0.25) is 5.02 Å². The summed E-state index contributed by atoms with van der Waals surface area (Å²) in [5.74, 6) is 1.22. The van der Waals surface area contributed by atoms with Crippen LogP contribution >= 0.6 is 22.9 Å². The summed E-state index contributed by atoms with van der Waals surface area (Å²) in [6.45, 7) is 4.03. The molecule has 0 saturated heterocycles. The molecule has 0 bridgehead atoms. The molecule has 23 heavy (non-hydrogen) atoms. The maximum absolute atomic E-state index is 5.93. The van der Waals surface area contributed by atoms with E-state index < -0.39 is 0 Å². The Morgan fingerprint density at radius 1 is 1.26 bits per heavy atom. The SMILES string of the molecule is CNC(C)Cc1noc(-c2sc(-c3ccc(Cl)cc3)nc2C)n1. The third-order valence-corrected chi connectivity index (χ3v) is 4.98. The van der Waals surface area contributed by atoms with Gasteiger partial charge in [0.1, 0.15) is 9.88 Å². The zero-order chi connectivity index (χ0) is 16.4. The molecule has 3 rings (SSSR count). The summed E-state index contributed by atoms with van der Waals surface area (Å²) >= 11 is 7.48. The average Bonchev–Trinajstić information content (AvgIpc) is 3.14. The molecule has 1 aromatic carbocycles. The summed E-state index contributed by atoms with van der Waals surface area (Å²) in [6.07, 6.45) is 0.724. The van der Waals surface area contributed by atoms with E-state index in [1.807, 2.05) is 38.2 Å². The largest absolute Gasteiger partial charge is 0.333 e. The second kappa shape index (κ2) is 6.78. The number of likely N-dealkylation sites (N-methyl/N-ethyl adjacent to an activating group) is 1. The van der Waals surface area contributed by atoms with Crippen molar-refractivity contribution in [2.45, 2.75) is 26.3 Å². The molecule has 1 atom stereocenters. The summed E-state index contributed by atoms with van der Waals surface area (Å²) in [4.78, 5) is 10.00. The highest BCUT2D eigenvalue weighted by Gasteiger charge is 2.18. The molecule has 0 radical (unpaired) electrons. The first-order valence-electron chi connectivity index (χ1n) is 7.30. The monoisotopic (exact) mass is 348 g/mol. The summed E-state index contributed by atoms with van der Waals surface area (Å²) in [5, 5.41) is 8.84. The Hall–Kier alpha value is -1.76. The summed E-state index contributed by atoms with van der Waals surface area (Å²) < 4.78 is 5.41. The zero-order valence-corrected chi connectivity index (χ0v) is 14.7. The Kier molecular flexibility index (Phi) is 4.75. The number of rotatable bonds is 5. The first-order chi connectivity index (χ1) is 11.1. The standard InChI is InChI=1S/C16H17ClN4OS/c1-9(18-3)8-13-20-15(22-21-13)14-10(2)19-16(23-14)11-4-6-12(17)7-5-11/h4-7,9,18H,8H2,1-3H3. The lowest BCUT2D eigenvalue weighted by Crippen LogP contribution is -2.24. The quantitative estimate of drug-likeness (QED) is 0.755. The minimum atomic E-state index is 0.299. The molecule has 5 nitrogen and oxygen atoms in total. The van der Waals surface area contributed by atoms with Crippen LogP contribution < -0.4 is 5.32 Å². The zero-order valence-electron chi connectivity index (χ0n) is 13.1. The van der Waals surface area contributed by atoms with Crippen LogP contribution in [0.3, 0.4) is 0 Å². The van der Waals surface area contributed by atoms with Gasteiger partial charge in [-0.05, 0) is 33.0 Å². The van der Waals surface area contributed by atoms with Crippen LogP contribution in [0, 0.1) is 6.92 Å². The molecule has 1 N–H and O–H groups in total. The van der Waals surface area contributed by atoms with Crippen molar-refractivity contribution in [3.05, 3.63) is 40.8 Å². The van der Waals surface area contributed by atoms with Gasteiger partial charge in [0, 0.05) is 23.0 Å². The number of aromatic nitrogens is 3. The van der Waals surface area contributed by atoms with E-state index in [1.54, 1.807) is 11.3 Å². The van der Waals surface area contributed by atoms with E-state index in [-0.39, 0.29) is 0 Å². The molecular formula is C16H17ClN4OS. The first kappa shape index (κ1) is 16.1. The second-order valence-electron chi connectivity index (χ2n) is 5.35. The molecule has 0 aliphatic carbocycles. The number of halogens is 1. The Labute approximate surface area is 143 Å². The normalized spacial score (nSPS) is 12.5. The Morgan fingerprint density at radius 2 is 2.00 bits per heavy atom. The van der Waals surface area contributed by atoms with Crippen molar-refractivity contribution in [1.29, 1.82) is 0 Å². The Balaban J connectivity index is 1.88. The fraction of sp³-hybridized carbons (Fsp3) is 0.312. The van der Waals surface area contributed by atoms with Gasteiger partial charge in [0.2, 0.25) is 0 Å².